The average Bonchev–Trinajstić information content (AvgIpc) is 2.97. The molecule has 1 unspecified atom stereocenters. The summed E-state index contributed by atoms with van der Waals surface area (Å²) in [5.74, 6) is -2.14. The number of rotatable bonds is 6. The second kappa shape index (κ2) is 15.9. The Morgan fingerprint density at radius 2 is 1.30 bits per heavy atom. The van der Waals surface area contributed by atoms with Crippen molar-refractivity contribution in [3.05, 3.63) is 12.4 Å². The van der Waals surface area contributed by atoms with Crippen molar-refractivity contribution in [2.45, 2.75) is 45.3 Å². The predicted molar refractivity (Wildman–Crippen MR) is 155 cm³/mol. The molecule has 0 aromatic heterocycles. The number of carboxylic acids is 1. The quantitative estimate of drug-likeness (QED) is 0.209. The van der Waals surface area contributed by atoms with Gasteiger partial charge in [-0.05, 0) is 33.6 Å². The van der Waals surface area contributed by atoms with Crippen LogP contribution in [0.5, 0.6) is 0 Å². The summed E-state index contributed by atoms with van der Waals surface area (Å²) in [7, 11) is 2.62. The van der Waals surface area contributed by atoms with E-state index in [4.69, 9.17) is 10.5 Å². The maximum atomic E-state index is 12.6. The summed E-state index contributed by atoms with van der Waals surface area (Å²) in [4.78, 5) is 77.8. The van der Waals surface area contributed by atoms with Crippen LogP contribution >= 0.6 is 0 Å². The number of carboxylic acid groups (broad SMARTS) is 1. The lowest BCUT2D eigenvalue weighted by Gasteiger charge is -2.46. The van der Waals surface area contributed by atoms with Crippen molar-refractivity contribution in [1.82, 2.24) is 29.8 Å². The van der Waals surface area contributed by atoms with Crippen LogP contribution in [0, 0.1) is 5.92 Å². The molecule has 3 aliphatic heterocycles. The Morgan fingerprint density at radius 3 is 1.68 bits per heavy atom. The Balaban J connectivity index is 0.000000342. The number of likely N-dealkylation sites (tertiary alicyclic amines) is 1. The van der Waals surface area contributed by atoms with Gasteiger partial charge in [-0.3, -0.25) is 4.79 Å². The fraction of sp³-hybridized carbons (Fsp3) is 0.704. The molecule has 44 heavy (non-hydrogen) atoms. The molecule has 0 bridgehead atoms. The van der Waals surface area contributed by atoms with Gasteiger partial charge in [0.25, 0.3) is 0 Å². The van der Waals surface area contributed by atoms with E-state index < -0.39 is 41.6 Å². The summed E-state index contributed by atoms with van der Waals surface area (Å²) >= 11 is 0. The number of piperazine rings is 2. The van der Waals surface area contributed by atoms with Crippen molar-refractivity contribution in [3.63, 3.8) is 0 Å². The van der Waals surface area contributed by atoms with Crippen LogP contribution in [0.25, 0.3) is 0 Å². The molecule has 0 aromatic carbocycles. The zero-order chi connectivity index (χ0) is 33.2. The maximum absolute atomic E-state index is 12.6. The SMILES string of the molecule is C=C(N)NCCC[C@H]1C(=O)N(C(=O)N2CCN(C(=O)OC)CC2)C1C(=O)O.COC(=O)N1CCN(C(=O)OC(C)(C)C)CC1. The molecule has 3 saturated heterocycles. The van der Waals surface area contributed by atoms with Gasteiger partial charge in [0.1, 0.15) is 5.60 Å². The van der Waals surface area contributed by atoms with Crippen LogP contribution in [0.1, 0.15) is 33.6 Å². The second-order valence-electron chi connectivity index (χ2n) is 11.3. The van der Waals surface area contributed by atoms with E-state index in [0.717, 1.165) is 4.90 Å². The summed E-state index contributed by atoms with van der Waals surface area (Å²) in [5, 5.41) is 12.3. The fourth-order valence-electron chi connectivity index (χ4n) is 4.79. The van der Waals surface area contributed by atoms with Crippen molar-refractivity contribution < 1.29 is 48.1 Å². The molecule has 3 rings (SSSR count). The molecule has 17 heteroatoms. The smallest absolute Gasteiger partial charge is 0.410 e. The Kier molecular flexibility index (Phi) is 12.9. The van der Waals surface area contributed by atoms with Gasteiger partial charge in [0.05, 0.1) is 26.0 Å². The van der Waals surface area contributed by atoms with E-state index in [9.17, 15) is 33.9 Å². The van der Waals surface area contributed by atoms with E-state index >= 15 is 0 Å². The first kappa shape index (κ1) is 35.8. The molecule has 0 spiro atoms. The van der Waals surface area contributed by atoms with Crippen molar-refractivity contribution in [2.24, 2.45) is 11.7 Å². The molecular formula is C27H45N7O10. The highest BCUT2D eigenvalue weighted by Gasteiger charge is 2.55. The van der Waals surface area contributed by atoms with E-state index in [1.807, 2.05) is 20.8 Å². The van der Waals surface area contributed by atoms with Crippen LogP contribution in [-0.4, -0.2) is 151 Å². The van der Waals surface area contributed by atoms with Crippen LogP contribution in [-0.2, 0) is 23.8 Å². The molecule has 0 aliphatic carbocycles. The number of hydrogen-bond acceptors (Lipinski definition) is 11. The van der Waals surface area contributed by atoms with E-state index in [1.54, 1.807) is 9.80 Å². The van der Waals surface area contributed by atoms with Gasteiger partial charge in [0.15, 0.2) is 6.04 Å². The van der Waals surface area contributed by atoms with Crippen LogP contribution in [0.2, 0.25) is 0 Å². The summed E-state index contributed by atoms with van der Waals surface area (Å²) in [6, 6.07) is -1.81. The molecule has 3 heterocycles. The number of methoxy groups -OCH3 is 2. The number of β-lactam (4-membered cyclic amide) rings is 1. The number of carbonyl (C=O) groups is 6. The summed E-state index contributed by atoms with van der Waals surface area (Å²) < 4.78 is 14.5. The molecule has 0 radical (unpaired) electrons. The first-order valence-corrected chi connectivity index (χ1v) is 14.3. The largest absolute Gasteiger partial charge is 0.480 e. The van der Waals surface area contributed by atoms with Gasteiger partial charge in [-0.15, -0.1) is 0 Å². The fourth-order valence-corrected chi connectivity index (χ4v) is 4.79. The Bertz CT molecular complexity index is 1080. The Labute approximate surface area is 256 Å². The first-order chi connectivity index (χ1) is 20.6. The molecule has 0 aromatic rings. The molecule has 0 saturated carbocycles. The second-order valence-corrected chi connectivity index (χ2v) is 11.3. The zero-order valence-corrected chi connectivity index (χ0v) is 26.1. The molecule has 3 fully saturated rings. The van der Waals surface area contributed by atoms with Gasteiger partial charge < -0.3 is 50.0 Å². The number of urea groups is 1. The van der Waals surface area contributed by atoms with Crippen molar-refractivity contribution in [2.75, 3.05) is 73.1 Å². The number of ether oxygens (including phenoxy) is 3. The van der Waals surface area contributed by atoms with E-state index in [1.165, 1.54) is 24.0 Å². The molecular weight excluding hydrogens is 582 g/mol. The third kappa shape index (κ3) is 9.80. The standard InChI is InChI=1S/C16H25N5O6.C11H20N2O4/c1-10(17)18-5-3-4-11-12(14(23)24)21(13(11)22)15(25)19-6-8-20(9-7-19)16(26)27-2;1-11(2,3)17-10(15)13-7-5-12(6-8-13)9(14)16-4/h11-12,18H,1,3-9,17H2,2H3,(H,23,24);5-8H2,1-4H3/t11-,12?;/m1./s1. The number of nitrogens with two attached hydrogens (primary N) is 1. The van der Waals surface area contributed by atoms with Gasteiger partial charge in [-0.2, -0.15) is 0 Å². The predicted octanol–water partition coefficient (Wildman–Crippen LogP) is 0.507. The Morgan fingerprint density at radius 1 is 0.864 bits per heavy atom. The molecule has 6 amide bonds. The highest BCUT2D eigenvalue weighted by Crippen LogP contribution is 2.32. The lowest BCUT2D eigenvalue weighted by molar-refractivity contribution is -0.167. The van der Waals surface area contributed by atoms with Crippen molar-refractivity contribution >= 4 is 36.2 Å². The van der Waals surface area contributed by atoms with Gasteiger partial charge in [-0.25, -0.2) is 28.9 Å². The lowest BCUT2D eigenvalue weighted by Crippen LogP contribution is -2.69. The number of imide groups is 1. The van der Waals surface area contributed by atoms with E-state index in [0.29, 0.717) is 51.4 Å². The van der Waals surface area contributed by atoms with Gasteiger partial charge in [0.2, 0.25) is 5.91 Å². The topological polar surface area (TPSA) is 205 Å². The highest BCUT2D eigenvalue weighted by atomic mass is 16.6. The van der Waals surface area contributed by atoms with Crippen LogP contribution in [0.15, 0.2) is 12.4 Å². The summed E-state index contributed by atoms with van der Waals surface area (Å²) in [5.41, 5.74) is 4.89. The minimum absolute atomic E-state index is 0.206. The van der Waals surface area contributed by atoms with Gasteiger partial charge >= 0.3 is 30.3 Å². The van der Waals surface area contributed by atoms with Crippen LogP contribution in [0.3, 0.4) is 0 Å². The third-order valence-electron chi connectivity index (χ3n) is 7.06. The van der Waals surface area contributed by atoms with E-state index in [-0.39, 0.29) is 38.4 Å². The molecule has 17 nitrogen and oxygen atoms in total. The number of nitrogens with one attached hydrogen (secondary N) is 1. The summed E-state index contributed by atoms with van der Waals surface area (Å²) in [6.45, 7) is 12.3. The monoisotopic (exact) mass is 627 g/mol. The first-order valence-electron chi connectivity index (χ1n) is 14.3. The van der Waals surface area contributed by atoms with Crippen LogP contribution < -0.4 is 11.1 Å². The number of aliphatic carboxylic acids is 1. The third-order valence-corrected chi connectivity index (χ3v) is 7.06. The van der Waals surface area contributed by atoms with Crippen molar-refractivity contribution in [3.8, 4) is 0 Å². The van der Waals surface area contributed by atoms with Gasteiger partial charge in [-0.1, -0.05) is 6.58 Å². The number of nitrogens with zero attached hydrogens (tertiary/aromatic N) is 5. The number of hydrogen-bond donors (Lipinski definition) is 3. The normalized spacial score (nSPS) is 20.0. The zero-order valence-electron chi connectivity index (χ0n) is 26.1. The molecule has 4 N–H and O–H groups in total. The number of amides is 6. The highest BCUT2D eigenvalue weighted by molar-refractivity contribution is 6.07. The molecule has 3 aliphatic rings. The number of carbonyl (C=O) groups excluding carboxylic acids is 5. The lowest BCUT2D eigenvalue weighted by atomic mass is 9.83. The minimum atomic E-state index is -1.21. The summed E-state index contributed by atoms with van der Waals surface area (Å²) in [6.07, 6.45) is -0.318. The van der Waals surface area contributed by atoms with Gasteiger partial charge in [0, 0.05) is 58.9 Å². The molecule has 2 atom stereocenters. The molecule has 248 valence electrons. The van der Waals surface area contributed by atoms with E-state index in [2.05, 4.69) is 21.4 Å². The minimum Gasteiger partial charge on any atom is -0.480 e. The maximum Gasteiger partial charge on any atom is 0.410 e. The Hall–Kier alpha value is -4.44. The van der Waals surface area contributed by atoms with Crippen LogP contribution in [0.4, 0.5) is 19.2 Å². The van der Waals surface area contributed by atoms with Crippen molar-refractivity contribution in [1.29, 1.82) is 0 Å². The average molecular weight is 628 g/mol.